The van der Waals surface area contributed by atoms with Crippen molar-refractivity contribution in [1.82, 2.24) is 39.9 Å². The Morgan fingerprint density at radius 1 is 0.393 bits per heavy atom. The quantitative estimate of drug-likeness (QED) is 0.0540. The summed E-state index contributed by atoms with van der Waals surface area (Å²) >= 11 is 0. The number of hydrogen-bond donors (Lipinski definition) is 4. The van der Waals surface area contributed by atoms with E-state index >= 15 is 0 Å². The molecule has 4 N–H and O–H groups in total. The van der Waals surface area contributed by atoms with E-state index in [4.69, 9.17) is 39.9 Å². The van der Waals surface area contributed by atoms with E-state index in [1.165, 1.54) is 0 Å². The zero-order valence-electron chi connectivity index (χ0n) is 35.3. The van der Waals surface area contributed by atoms with Gasteiger partial charge in [-0.05, 0) is 60.7 Å². The number of nitrogens with zero attached hydrogens (tertiary/aromatic N) is 8. The Hall–Kier alpha value is -6.04. The van der Waals surface area contributed by atoms with E-state index in [-0.39, 0.29) is 17.1 Å². The molecule has 1 radical (unpaired) electrons. The molecule has 8 bridgehead atoms. The van der Waals surface area contributed by atoms with E-state index in [0.29, 0.717) is 45.9 Å². The second-order valence-electron chi connectivity index (χ2n) is 15.5. The molecule has 13 heteroatoms. The summed E-state index contributed by atoms with van der Waals surface area (Å²) < 4.78 is 0. The van der Waals surface area contributed by atoms with Gasteiger partial charge in [-0.3, -0.25) is 0 Å². The third kappa shape index (κ3) is 8.12. The first kappa shape index (κ1) is 41.7. The van der Waals surface area contributed by atoms with Gasteiger partial charge in [0.25, 0.3) is 0 Å². The van der Waals surface area contributed by atoms with Crippen LogP contribution in [0.25, 0.3) is 89.7 Å². The molecule has 3 aromatic heterocycles. The standard InChI is InChI=1S/C48H52N12.Cu/c1-5-9-25-49-33-21-13-17-29-37(33)45-53-41(29)58-46-39-31(19-15-23-35(39)51-27-11-7-3)43(55-46)60-48-40-32(20-16-24-36(40)52-28-12-8-4)44(56-48)59-47-38-30(42(54-47)57-45)18-14-22-34(38)50-26-10-6-2;/h13-24,49-52H,5-12,25-28H2,1-4H3;/q-2;+2. The summed E-state index contributed by atoms with van der Waals surface area (Å²) in [4.78, 5) is 42.1. The van der Waals surface area contributed by atoms with Gasteiger partial charge in [0.2, 0.25) is 0 Å². The number of benzene rings is 4. The van der Waals surface area contributed by atoms with Crippen molar-refractivity contribution in [3.05, 3.63) is 72.8 Å². The van der Waals surface area contributed by atoms with E-state index in [9.17, 15) is 0 Å². The molecular formula is C48H52CuN12. The summed E-state index contributed by atoms with van der Waals surface area (Å²) in [7, 11) is 0. The van der Waals surface area contributed by atoms with Crippen molar-refractivity contribution >= 4 is 66.9 Å². The van der Waals surface area contributed by atoms with Crippen LogP contribution in [0.3, 0.4) is 0 Å². The zero-order valence-corrected chi connectivity index (χ0v) is 36.2. The van der Waals surface area contributed by atoms with Crippen LogP contribution in [0.2, 0.25) is 0 Å². The van der Waals surface area contributed by atoms with E-state index in [0.717, 1.165) is 144 Å². The van der Waals surface area contributed by atoms with Gasteiger partial charge in [-0.15, -0.1) is 0 Å². The monoisotopic (exact) mass is 859 g/mol. The molecule has 7 aromatic rings. The normalized spacial score (nSPS) is 11.6. The Balaban J connectivity index is 0.00000514. The van der Waals surface area contributed by atoms with Crippen LogP contribution >= 0.6 is 0 Å². The van der Waals surface area contributed by atoms with Gasteiger partial charge in [0, 0.05) is 105 Å². The molecule has 0 spiro atoms. The van der Waals surface area contributed by atoms with E-state index in [1.807, 2.05) is 0 Å². The molecule has 0 atom stereocenters. The SMILES string of the molecule is CCCCNc1cccc2c1-c1nc-2nc2[n-]c(nc3nc(nc4[n-]c(n1)c1cccc(NCCCC)c41)-c1cccc(NCCCC)c1-3)c1cccc(NCCCC)c21.[Cu+2]. The van der Waals surface area contributed by atoms with Crippen LogP contribution in [0.1, 0.15) is 79.1 Å². The third-order valence-electron chi connectivity index (χ3n) is 11.2. The van der Waals surface area contributed by atoms with Gasteiger partial charge in [0.05, 0.1) is 23.3 Å². The first-order chi connectivity index (χ1) is 29.6. The molecule has 61 heavy (non-hydrogen) atoms. The first-order valence-corrected chi connectivity index (χ1v) is 21.8. The summed E-state index contributed by atoms with van der Waals surface area (Å²) in [6.07, 6.45) is 8.45. The summed E-state index contributed by atoms with van der Waals surface area (Å²) in [6, 6.07) is 24.8. The van der Waals surface area contributed by atoms with Crippen molar-refractivity contribution in [2.24, 2.45) is 0 Å². The van der Waals surface area contributed by atoms with Gasteiger partial charge in [-0.1, -0.05) is 102 Å². The second kappa shape index (κ2) is 18.7. The molecule has 2 aliphatic heterocycles. The molecule has 4 aromatic carbocycles. The summed E-state index contributed by atoms with van der Waals surface area (Å²) in [5.41, 5.74) is 9.50. The van der Waals surface area contributed by atoms with Crippen LogP contribution in [-0.2, 0) is 17.1 Å². The van der Waals surface area contributed by atoms with Crippen molar-refractivity contribution < 1.29 is 17.1 Å². The van der Waals surface area contributed by atoms with Gasteiger partial charge in [0.1, 0.15) is 0 Å². The van der Waals surface area contributed by atoms with Crippen LogP contribution < -0.4 is 31.2 Å². The maximum absolute atomic E-state index is 5.31. The van der Waals surface area contributed by atoms with Crippen molar-refractivity contribution in [3.63, 3.8) is 0 Å². The van der Waals surface area contributed by atoms with Crippen LogP contribution in [0, 0.1) is 0 Å². The summed E-state index contributed by atoms with van der Waals surface area (Å²) in [5.74, 6) is 2.15. The molecule has 5 heterocycles. The first-order valence-electron chi connectivity index (χ1n) is 21.8. The predicted molar refractivity (Wildman–Crippen MR) is 248 cm³/mol. The van der Waals surface area contributed by atoms with Gasteiger partial charge in [-0.2, -0.15) is 0 Å². The van der Waals surface area contributed by atoms with Gasteiger partial charge in [0.15, 0.2) is 0 Å². The van der Waals surface area contributed by atoms with E-state index in [1.54, 1.807) is 0 Å². The minimum absolute atomic E-state index is 0. The average molecular weight is 861 g/mol. The number of rotatable bonds is 16. The molecule has 12 nitrogen and oxygen atoms in total. The number of unbranched alkanes of at least 4 members (excludes halogenated alkanes) is 4. The zero-order chi connectivity index (χ0) is 41.0. The summed E-state index contributed by atoms with van der Waals surface area (Å²) in [6.45, 7) is 12.1. The Bertz CT molecular complexity index is 2670. The van der Waals surface area contributed by atoms with E-state index < -0.39 is 0 Å². The van der Waals surface area contributed by atoms with Crippen LogP contribution in [0.5, 0.6) is 0 Å². The van der Waals surface area contributed by atoms with Crippen molar-refractivity contribution in [3.8, 4) is 45.6 Å². The Kier molecular flexibility index (Phi) is 12.8. The molecular weight excluding hydrogens is 808 g/mol. The van der Waals surface area contributed by atoms with Gasteiger partial charge >= 0.3 is 17.1 Å². The van der Waals surface area contributed by atoms with Gasteiger partial charge in [-0.25, -0.2) is 9.97 Å². The largest absolute Gasteiger partial charge is 2.00 e. The molecule has 9 rings (SSSR count). The molecule has 2 aliphatic rings. The topological polar surface area (TPSA) is 154 Å². The fourth-order valence-electron chi connectivity index (χ4n) is 8.04. The molecule has 0 unspecified atom stereocenters. The maximum atomic E-state index is 5.31. The molecule has 315 valence electrons. The fraction of sp³-hybridized carbons (Fsp3) is 0.333. The Morgan fingerprint density at radius 2 is 0.738 bits per heavy atom. The smallest absolute Gasteiger partial charge is 0.385 e. The average Bonchev–Trinajstić information content (AvgIpc) is 4.01. The molecule has 0 saturated carbocycles. The number of hydrogen-bond acceptors (Lipinski definition) is 10. The van der Waals surface area contributed by atoms with Gasteiger partial charge < -0.3 is 51.2 Å². The Labute approximate surface area is 367 Å². The van der Waals surface area contributed by atoms with Crippen molar-refractivity contribution in [1.29, 1.82) is 0 Å². The Morgan fingerprint density at radius 3 is 1.13 bits per heavy atom. The molecule has 0 fully saturated rings. The number of anilines is 4. The predicted octanol–water partition coefficient (Wildman–Crippen LogP) is 11.0. The number of fused-ring (bicyclic) bond motifs is 20. The fourth-order valence-corrected chi connectivity index (χ4v) is 8.04. The minimum atomic E-state index is 0. The maximum Gasteiger partial charge on any atom is 2.00 e. The number of nitrogens with one attached hydrogen (secondary N) is 4. The summed E-state index contributed by atoms with van der Waals surface area (Å²) in [5, 5.41) is 18.2. The molecule has 0 aliphatic carbocycles. The second-order valence-corrected chi connectivity index (χ2v) is 15.5. The van der Waals surface area contributed by atoms with Crippen LogP contribution in [0.4, 0.5) is 22.7 Å². The van der Waals surface area contributed by atoms with Crippen LogP contribution in [0.15, 0.2) is 72.8 Å². The minimum Gasteiger partial charge on any atom is -0.385 e. The van der Waals surface area contributed by atoms with Crippen molar-refractivity contribution in [2.45, 2.75) is 79.1 Å². The van der Waals surface area contributed by atoms with E-state index in [2.05, 4.69) is 122 Å². The van der Waals surface area contributed by atoms with Crippen molar-refractivity contribution in [2.75, 3.05) is 47.4 Å². The molecule has 0 amide bonds. The van der Waals surface area contributed by atoms with Crippen LogP contribution in [-0.4, -0.2) is 56.1 Å². The molecule has 0 saturated heterocycles. The number of aromatic nitrogens is 8. The third-order valence-corrected chi connectivity index (χ3v) is 11.2.